The Labute approximate surface area is 109 Å². The maximum Gasteiger partial charge on any atom is 0.232 e. The quantitative estimate of drug-likeness (QED) is 0.714. The van der Waals surface area contributed by atoms with E-state index in [2.05, 4.69) is 5.32 Å². The summed E-state index contributed by atoms with van der Waals surface area (Å²) in [5.74, 6) is 0.177. The lowest BCUT2D eigenvalue weighted by Gasteiger charge is -2.23. The number of carbonyl (C=O) groups excluding carboxylic acids is 1. The third-order valence-electron chi connectivity index (χ3n) is 3.14. The molecule has 0 bridgehead atoms. The minimum Gasteiger partial charge on any atom is -0.385 e. The number of ether oxygens (including phenoxy) is 1. The number of hydrogen-bond acceptors (Lipinski definition) is 3. The highest BCUT2D eigenvalue weighted by Crippen LogP contribution is 2.30. The van der Waals surface area contributed by atoms with Crippen LogP contribution in [0.1, 0.15) is 45.4 Å². The zero-order chi connectivity index (χ0) is 12.5. The molecule has 0 aromatic rings. The van der Waals surface area contributed by atoms with Crippen LogP contribution < -0.4 is 5.32 Å². The first kappa shape index (κ1) is 14.8. The summed E-state index contributed by atoms with van der Waals surface area (Å²) in [6, 6.07) is 0. The lowest BCUT2D eigenvalue weighted by molar-refractivity contribution is -0.120. The van der Waals surface area contributed by atoms with Crippen molar-refractivity contribution in [2.45, 2.75) is 55.9 Å². The molecule has 1 fully saturated rings. The Bertz CT molecular complexity index is 217. The fraction of sp³-hybridized carbons (Fsp3) is 0.923. The maximum absolute atomic E-state index is 11.8. The maximum atomic E-state index is 11.8. The molecule has 3 nitrogen and oxygen atoms in total. The molecule has 0 spiro atoms. The smallest absolute Gasteiger partial charge is 0.232 e. The topological polar surface area (TPSA) is 38.3 Å². The lowest BCUT2D eigenvalue weighted by atomic mass is 10.0. The van der Waals surface area contributed by atoms with Gasteiger partial charge in [0.25, 0.3) is 0 Å². The molecule has 1 N–H and O–H groups in total. The van der Waals surface area contributed by atoms with Crippen LogP contribution in [0, 0.1) is 0 Å². The Morgan fingerprint density at radius 2 is 2.12 bits per heavy atom. The van der Waals surface area contributed by atoms with Crippen molar-refractivity contribution < 1.29 is 9.53 Å². The third kappa shape index (κ3) is 6.32. The molecule has 1 amide bonds. The molecule has 1 saturated carbocycles. The fourth-order valence-corrected chi connectivity index (χ4v) is 3.51. The first-order chi connectivity index (χ1) is 8.24. The summed E-state index contributed by atoms with van der Waals surface area (Å²) in [6.45, 7) is 3.46. The van der Waals surface area contributed by atoms with Gasteiger partial charge in [-0.05, 0) is 26.2 Å². The van der Waals surface area contributed by atoms with Gasteiger partial charge < -0.3 is 10.1 Å². The van der Waals surface area contributed by atoms with Crippen LogP contribution in [0.25, 0.3) is 0 Å². The molecule has 0 aromatic carbocycles. The Kier molecular flexibility index (Phi) is 7.69. The molecule has 17 heavy (non-hydrogen) atoms. The average Bonchev–Trinajstić information content (AvgIpc) is 2.35. The van der Waals surface area contributed by atoms with E-state index in [0.717, 1.165) is 13.0 Å². The number of nitrogens with one attached hydrogen (secondary N) is 1. The van der Waals surface area contributed by atoms with E-state index in [1.807, 2.05) is 18.7 Å². The minimum atomic E-state index is 0.0839. The molecule has 1 aliphatic carbocycles. The summed E-state index contributed by atoms with van der Waals surface area (Å²) in [4.78, 5) is 11.8. The largest absolute Gasteiger partial charge is 0.385 e. The van der Waals surface area contributed by atoms with E-state index in [-0.39, 0.29) is 11.2 Å². The Morgan fingerprint density at radius 1 is 1.41 bits per heavy atom. The van der Waals surface area contributed by atoms with Gasteiger partial charge in [0.05, 0.1) is 5.25 Å². The zero-order valence-electron chi connectivity index (χ0n) is 11.0. The summed E-state index contributed by atoms with van der Waals surface area (Å²) in [5.41, 5.74) is 0. The number of thioether (sulfide) groups is 1. The van der Waals surface area contributed by atoms with E-state index in [0.29, 0.717) is 11.9 Å². The van der Waals surface area contributed by atoms with Crippen molar-refractivity contribution in [3.05, 3.63) is 0 Å². The second kappa shape index (κ2) is 8.81. The van der Waals surface area contributed by atoms with Crippen molar-refractivity contribution in [1.82, 2.24) is 5.32 Å². The van der Waals surface area contributed by atoms with Crippen LogP contribution in [0.4, 0.5) is 0 Å². The number of amides is 1. The molecular weight excluding hydrogens is 234 g/mol. The van der Waals surface area contributed by atoms with Gasteiger partial charge in [-0.15, -0.1) is 11.8 Å². The van der Waals surface area contributed by atoms with E-state index in [4.69, 9.17) is 4.74 Å². The van der Waals surface area contributed by atoms with Gasteiger partial charge in [-0.3, -0.25) is 4.79 Å². The van der Waals surface area contributed by atoms with Gasteiger partial charge in [-0.25, -0.2) is 0 Å². The summed E-state index contributed by atoms with van der Waals surface area (Å²) in [5, 5.41) is 3.75. The van der Waals surface area contributed by atoms with Gasteiger partial charge in [0.2, 0.25) is 5.91 Å². The molecule has 1 atom stereocenters. The Hall–Kier alpha value is -0.220. The second-order valence-corrected chi connectivity index (χ2v) is 6.32. The van der Waals surface area contributed by atoms with E-state index in [9.17, 15) is 4.79 Å². The summed E-state index contributed by atoms with van der Waals surface area (Å²) < 4.78 is 4.95. The molecule has 0 heterocycles. The fourth-order valence-electron chi connectivity index (χ4n) is 2.12. The van der Waals surface area contributed by atoms with E-state index in [1.54, 1.807) is 7.11 Å². The van der Waals surface area contributed by atoms with Gasteiger partial charge in [0.1, 0.15) is 0 Å². The van der Waals surface area contributed by atoms with Gasteiger partial charge >= 0.3 is 0 Å². The number of hydrogen-bond donors (Lipinski definition) is 1. The lowest BCUT2D eigenvalue weighted by Crippen LogP contribution is -2.33. The highest BCUT2D eigenvalue weighted by Gasteiger charge is 2.20. The minimum absolute atomic E-state index is 0.0839. The van der Waals surface area contributed by atoms with Gasteiger partial charge in [0, 0.05) is 25.5 Å². The Balaban J connectivity index is 2.12. The van der Waals surface area contributed by atoms with Crippen molar-refractivity contribution in [2.24, 2.45) is 0 Å². The van der Waals surface area contributed by atoms with E-state index >= 15 is 0 Å². The Morgan fingerprint density at radius 3 is 2.76 bits per heavy atom. The van der Waals surface area contributed by atoms with Gasteiger partial charge in [-0.2, -0.15) is 0 Å². The second-order valence-electron chi connectivity index (χ2n) is 4.68. The zero-order valence-corrected chi connectivity index (χ0v) is 11.9. The average molecular weight is 259 g/mol. The monoisotopic (exact) mass is 259 g/mol. The third-order valence-corrected chi connectivity index (χ3v) is 4.62. The summed E-state index contributed by atoms with van der Waals surface area (Å²) in [6.07, 6.45) is 7.50. The molecular formula is C13H25NO2S. The van der Waals surface area contributed by atoms with E-state index < -0.39 is 0 Å². The van der Waals surface area contributed by atoms with Crippen LogP contribution in [-0.2, 0) is 9.53 Å². The number of carbonyl (C=O) groups is 1. The van der Waals surface area contributed by atoms with Gasteiger partial charge in [-0.1, -0.05) is 19.3 Å². The normalized spacial score (nSPS) is 18.9. The first-order valence-electron chi connectivity index (χ1n) is 6.66. The van der Waals surface area contributed by atoms with Crippen LogP contribution >= 0.6 is 11.8 Å². The first-order valence-corrected chi connectivity index (χ1v) is 7.60. The molecule has 0 aliphatic heterocycles. The van der Waals surface area contributed by atoms with Crippen LogP contribution in [0.2, 0.25) is 0 Å². The van der Waals surface area contributed by atoms with Crippen LogP contribution in [0.3, 0.4) is 0 Å². The molecule has 4 heteroatoms. The van der Waals surface area contributed by atoms with Crippen molar-refractivity contribution in [3.8, 4) is 0 Å². The molecule has 0 aromatic heterocycles. The SMILES string of the molecule is COCCCNC(=O)C(C)SC1CCCCC1. The summed E-state index contributed by atoms with van der Waals surface area (Å²) >= 11 is 1.85. The van der Waals surface area contributed by atoms with Crippen LogP contribution in [-0.4, -0.2) is 36.7 Å². The van der Waals surface area contributed by atoms with Crippen LogP contribution in [0.15, 0.2) is 0 Å². The highest BCUT2D eigenvalue weighted by atomic mass is 32.2. The molecule has 1 unspecified atom stereocenters. The summed E-state index contributed by atoms with van der Waals surface area (Å²) in [7, 11) is 1.68. The predicted molar refractivity (Wildman–Crippen MR) is 73.4 cm³/mol. The van der Waals surface area contributed by atoms with Crippen molar-refractivity contribution in [2.75, 3.05) is 20.3 Å². The number of methoxy groups -OCH3 is 1. The predicted octanol–water partition coefficient (Wildman–Crippen LogP) is 2.59. The molecule has 100 valence electrons. The van der Waals surface area contributed by atoms with Crippen LogP contribution in [0.5, 0.6) is 0 Å². The van der Waals surface area contributed by atoms with E-state index in [1.165, 1.54) is 32.1 Å². The molecule has 1 rings (SSSR count). The molecule has 0 radical (unpaired) electrons. The van der Waals surface area contributed by atoms with Crippen molar-refractivity contribution in [1.29, 1.82) is 0 Å². The van der Waals surface area contributed by atoms with Crippen molar-refractivity contribution >= 4 is 17.7 Å². The number of rotatable bonds is 7. The molecule has 1 aliphatic rings. The van der Waals surface area contributed by atoms with Gasteiger partial charge in [0.15, 0.2) is 0 Å². The highest BCUT2D eigenvalue weighted by molar-refractivity contribution is 8.01. The standard InChI is InChI=1S/C13H25NO2S/c1-11(13(15)14-9-6-10-16-2)17-12-7-4-3-5-8-12/h11-12H,3-10H2,1-2H3,(H,14,15). The van der Waals surface area contributed by atoms with Crippen molar-refractivity contribution in [3.63, 3.8) is 0 Å². The molecule has 0 saturated heterocycles.